The molecule has 9 heteroatoms. The van der Waals surface area contributed by atoms with Gasteiger partial charge in [-0.25, -0.2) is 9.59 Å². The van der Waals surface area contributed by atoms with Crippen molar-refractivity contribution in [1.29, 1.82) is 0 Å². The molecule has 0 amide bonds. The van der Waals surface area contributed by atoms with Crippen molar-refractivity contribution in [3.05, 3.63) is 34.4 Å². The largest absolute Gasteiger partial charge is 0.543 e. The molecule has 1 aromatic carbocycles. The highest BCUT2D eigenvalue weighted by Crippen LogP contribution is 2.46. The summed E-state index contributed by atoms with van der Waals surface area (Å²) in [6.07, 6.45) is 3.96. The van der Waals surface area contributed by atoms with Crippen LogP contribution in [0.3, 0.4) is 0 Å². The molecule has 204 valence electrons. The maximum atomic E-state index is 13.1. The van der Waals surface area contributed by atoms with Crippen molar-refractivity contribution < 1.29 is 27.9 Å². The van der Waals surface area contributed by atoms with Gasteiger partial charge in [-0.15, -0.1) is 0 Å². The zero-order valence-corrected chi connectivity index (χ0v) is 26.9. The van der Waals surface area contributed by atoms with E-state index in [9.17, 15) is 9.59 Å². The summed E-state index contributed by atoms with van der Waals surface area (Å²) in [6, 6.07) is 1.76. The van der Waals surface area contributed by atoms with Gasteiger partial charge >= 0.3 is 11.9 Å². The van der Waals surface area contributed by atoms with Crippen LogP contribution in [0.5, 0.6) is 11.5 Å². The summed E-state index contributed by atoms with van der Waals surface area (Å²) in [4.78, 5) is 24.8. The number of allylic oxidation sites excluding steroid dienone is 1. The molecule has 1 aromatic rings. The molecule has 0 aromatic heterocycles. The standard InChI is InChI=1S/C27H45ClO6Si2/c1-13-32-22(29)17-15-14-16-19-23(25(30)31-8)20(33-35(9,10)26(2,3)4)18-21(24(19)28)34-36(11,12)27(5,6)7/h15,17-18H,13-14,16H2,1-12H3/b17-15-. The second kappa shape index (κ2) is 12.2. The van der Waals surface area contributed by atoms with E-state index in [4.69, 9.17) is 29.9 Å². The van der Waals surface area contributed by atoms with Crippen LogP contribution in [0.4, 0.5) is 0 Å². The Hall–Kier alpha value is -1.78. The Morgan fingerprint density at radius 1 is 0.944 bits per heavy atom. The highest BCUT2D eigenvalue weighted by atomic mass is 35.5. The first-order valence-corrected chi connectivity index (χ1v) is 18.6. The molecule has 0 saturated carbocycles. The summed E-state index contributed by atoms with van der Waals surface area (Å²) in [5.74, 6) is 0.00697. The second-order valence-corrected chi connectivity index (χ2v) is 21.8. The quantitative estimate of drug-likeness (QED) is 0.165. The fourth-order valence-electron chi connectivity index (χ4n) is 2.83. The molecule has 6 nitrogen and oxygen atoms in total. The van der Waals surface area contributed by atoms with Gasteiger partial charge < -0.3 is 18.3 Å². The Morgan fingerprint density at radius 2 is 1.44 bits per heavy atom. The molecule has 0 aliphatic heterocycles. The maximum Gasteiger partial charge on any atom is 0.341 e. The van der Waals surface area contributed by atoms with Crippen LogP contribution in [0.1, 0.15) is 70.8 Å². The Bertz CT molecular complexity index is 972. The second-order valence-electron chi connectivity index (χ2n) is 11.9. The van der Waals surface area contributed by atoms with E-state index in [1.54, 1.807) is 19.1 Å². The van der Waals surface area contributed by atoms with E-state index < -0.39 is 28.6 Å². The molecule has 0 aliphatic carbocycles. The lowest BCUT2D eigenvalue weighted by molar-refractivity contribution is -0.137. The Morgan fingerprint density at radius 3 is 1.89 bits per heavy atom. The summed E-state index contributed by atoms with van der Waals surface area (Å²) in [5.41, 5.74) is 0.890. The lowest BCUT2D eigenvalue weighted by atomic mass is 10.0. The number of methoxy groups -OCH3 is 1. The number of benzene rings is 1. The van der Waals surface area contributed by atoms with Crippen LogP contribution in [0.15, 0.2) is 18.2 Å². The summed E-state index contributed by atoms with van der Waals surface area (Å²) in [7, 11) is -3.24. The molecule has 0 aliphatic rings. The fraction of sp³-hybridized carbons (Fsp3) is 0.630. The van der Waals surface area contributed by atoms with Crippen LogP contribution in [0.2, 0.25) is 41.3 Å². The highest BCUT2D eigenvalue weighted by molar-refractivity contribution is 6.75. The molecule has 0 spiro atoms. The smallest absolute Gasteiger partial charge is 0.341 e. The number of halogens is 1. The van der Waals surface area contributed by atoms with Crippen molar-refractivity contribution in [3.63, 3.8) is 0 Å². The van der Waals surface area contributed by atoms with E-state index in [2.05, 4.69) is 67.7 Å². The van der Waals surface area contributed by atoms with Crippen molar-refractivity contribution in [2.45, 2.75) is 97.6 Å². The van der Waals surface area contributed by atoms with Crippen LogP contribution in [-0.2, 0) is 20.7 Å². The summed E-state index contributed by atoms with van der Waals surface area (Å²) >= 11 is 6.92. The third-order valence-corrected chi connectivity index (χ3v) is 16.2. The number of hydrogen-bond donors (Lipinski definition) is 0. The molecule has 0 saturated heterocycles. The van der Waals surface area contributed by atoms with Crippen molar-refractivity contribution in [2.75, 3.05) is 13.7 Å². The minimum absolute atomic E-state index is 0.0552. The molecular formula is C27H45ClO6Si2. The van der Waals surface area contributed by atoms with Gasteiger partial charge in [0.25, 0.3) is 16.6 Å². The minimum atomic E-state index is -2.33. The van der Waals surface area contributed by atoms with Crippen LogP contribution < -0.4 is 8.85 Å². The highest BCUT2D eigenvalue weighted by Gasteiger charge is 2.42. The predicted molar refractivity (Wildman–Crippen MR) is 153 cm³/mol. The van der Waals surface area contributed by atoms with Gasteiger partial charge in [-0.3, -0.25) is 0 Å². The maximum absolute atomic E-state index is 13.1. The van der Waals surface area contributed by atoms with Gasteiger partial charge in [0.1, 0.15) is 17.1 Å². The van der Waals surface area contributed by atoms with E-state index >= 15 is 0 Å². The van der Waals surface area contributed by atoms with Gasteiger partial charge in [-0.2, -0.15) is 0 Å². The minimum Gasteiger partial charge on any atom is -0.543 e. The van der Waals surface area contributed by atoms with Crippen LogP contribution in [0, 0.1) is 0 Å². The van der Waals surface area contributed by atoms with Gasteiger partial charge in [-0.05, 0) is 61.6 Å². The van der Waals surface area contributed by atoms with Crippen molar-refractivity contribution in [1.82, 2.24) is 0 Å². The van der Waals surface area contributed by atoms with E-state index in [0.29, 0.717) is 47.1 Å². The molecule has 0 atom stereocenters. The molecular weight excluding hydrogens is 512 g/mol. The fourth-order valence-corrected chi connectivity index (χ4v) is 5.21. The van der Waals surface area contributed by atoms with Gasteiger partial charge in [-0.1, -0.05) is 59.2 Å². The van der Waals surface area contributed by atoms with Crippen LogP contribution in [0.25, 0.3) is 0 Å². The molecule has 0 bridgehead atoms. The molecule has 0 fully saturated rings. The third-order valence-electron chi connectivity index (χ3n) is 7.13. The molecule has 36 heavy (non-hydrogen) atoms. The lowest BCUT2D eigenvalue weighted by Crippen LogP contribution is -2.45. The van der Waals surface area contributed by atoms with Gasteiger partial charge in [0.05, 0.1) is 18.7 Å². The summed E-state index contributed by atoms with van der Waals surface area (Å²) in [5, 5.41) is 0.218. The molecule has 0 N–H and O–H groups in total. The topological polar surface area (TPSA) is 71.1 Å². The lowest BCUT2D eigenvalue weighted by Gasteiger charge is -2.39. The Kier molecular flexibility index (Phi) is 10.9. The number of rotatable bonds is 10. The molecule has 0 heterocycles. The molecule has 1 rings (SSSR count). The normalized spacial score (nSPS) is 13.0. The Balaban J connectivity index is 3.74. The van der Waals surface area contributed by atoms with Gasteiger partial charge in [0.2, 0.25) is 0 Å². The summed E-state index contributed by atoms with van der Waals surface area (Å²) in [6.45, 7) is 23.5. The first kappa shape index (κ1) is 32.3. The number of ether oxygens (including phenoxy) is 2. The summed E-state index contributed by atoms with van der Waals surface area (Å²) < 4.78 is 23.4. The SMILES string of the molecule is CCOC(=O)/C=C\CCc1c(Cl)c(O[Si](C)(C)C(C)(C)C)cc(O[Si](C)(C)C(C)(C)C)c1C(=O)OC. The van der Waals surface area contributed by atoms with Gasteiger partial charge in [0, 0.05) is 12.1 Å². The first-order valence-electron chi connectivity index (χ1n) is 12.4. The first-order chi connectivity index (χ1) is 16.3. The van der Waals surface area contributed by atoms with E-state index in [0.717, 1.165) is 0 Å². The average molecular weight is 557 g/mol. The zero-order chi connectivity index (χ0) is 28.1. The molecule has 0 radical (unpaired) electrons. The van der Waals surface area contributed by atoms with E-state index in [1.165, 1.54) is 13.2 Å². The van der Waals surface area contributed by atoms with E-state index in [1.807, 2.05) is 0 Å². The average Bonchev–Trinajstić information content (AvgIpc) is 2.71. The van der Waals surface area contributed by atoms with Crippen molar-refractivity contribution in [3.8, 4) is 11.5 Å². The predicted octanol–water partition coefficient (Wildman–Crippen LogP) is 7.95. The number of carbonyl (C=O) groups is 2. The third kappa shape index (κ3) is 8.11. The number of hydrogen-bond acceptors (Lipinski definition) is 6. The zero-order valence-electron chi connectivity index (χ0n) is 24.2. The van der Waals surface area contributed by atoms with Crippen molar-refractivity contribution >= 4 is 40.2 Å². The van der Waals surface area contributed by atoms with Gasteiger partial charge in [0.15, 0.2) is 0 Å². The van der Waals surface area contributed by atoms with Crippen LogP contribution >= 0.6 is 11.6 Å². The Labute approximate surface area is 224 Å². The number of carbonyl (C=O) groups excluding carboxylic acids is 2. The van der Waals surface area contributed by atoms with Crippen LogP contribution in [-0.4, -0.2) is 42.3 Å². The number of esters is 2. The monoisotopic (exact) mass is 556 g/mol. The van der Waals surface area contributed by atoms with E-state index in [-0.39, 0.29) is 10.1 Å². The van der Waals surface area contributed by atoms with Crippen molar-refractivity contribution in [2.24, 2.45) is 0 Å². The molecule has 0 unspecified atom stereocenters.